The van der Waals surface area contributed by atoms with Gasteiger partial charge in [0.1, 0.15) is 23.1 Å². The lowest BCUT2D eigenvalue weighted by Crippen LogP contribution is -2.45. The zero-order chi connectivity index (χ0) is 30.5. The topological polar surface area (TPSA) is 117 Å². The van der Waals surface area contributed by atoms with E-state index in [-0.39, 0.29) is 6.42 Å². The van der Waals surface area contributed by atoms with Crippen molar-refractivity contribution in [3.63, 3.8) is 0 Å². The SMILES string of the molecule is CCCCCCCOc1ccc(C(=O)Oc2ccc(C[C@H](NC(=O)c3ccc(N)cc3)C(=O)OC(C)(C)C)cc2)cc1. The molecule has 8 nitrogen and oxygen atoms in total. The molecule has 0 radical (unpaired) electrons. The second kappa shape index (κ2) is 15.6. The molecule has 42 heavy (non-hydrogen) atoms. The second-order valence-corrected chi connectivity index (χ2v) is 11.2. The standard InChI is InChI=1S/C34H42N2O6/c1-5-6-7-8-9-22-40-28-20-14-26(15-21-28)32(38)41-29-18-10-24(11-19-29)23-30(33(39)42-34(2,3)4)36-31(37)25-12-16-27(35)17-13-25/h10-21,30H,5-9,22-23,35H2,1-4H3,(H,36,37)/t30-/m0/s1. The van der Waals surface area contributed by atoms with Crippen LogP contribution in [0.2, 0.25) is 0 Å². The van der Waals surface area contributed by atoms with Gasteiger partial charge in [-0.05, 0) is 93.4 Å². The molecule has 0 bridgehead atoms. The molecule has 3 N–H and O–H groups in total. The van der Waals surface area contributed by atoms with Crippen LogP contribution >= 0.6 is 0 Å². The number of unbranched alkanes of at least 4 members (excludes halogenated alkanes) is 4. The largest absolute Gasteiger partial charge is 0.494 e. The van der Waals surface area contributed by atoms with Crippen molar-refractivity contribution in [1.29, 1.82) is 0 Å². The number of nitrogens with two attached hydrogens (primary N) is 1. The second-order valence-electron chi connectivity index (χ2n) is 11.2. The summed E-state index contributed by atoms with van der Waals surface area (Å²) >= 11 is 0. The molecule has 1 amide bonds. The van der Waals surface area contributed by atoms with Crippen molar-refractivity contribution in [2.75, 3.05) is 12.3 Å². The molecule has 0 saturated heterocycles. The molecule has 0 aliphatic heterocycles. The van der Waals surface area contributed by atoms with Crippen molar-refractivity contribution < 1.29 is 28.6 Å². The summed E-state index contributed by atoms with van der Waals surface area (Å²) in [7, 11) is 0. The van der Waals surface area contributed by atoms with Gasteiger partial charge < -0.3 is 25.3 Å². The maximum atomic E-state index is 13.0. The van der Waals surface area contributed by atoms with Crippen LogP contribution in [0.15, 0.2) is 72.8 Å². The molecular weight excluding hydrogens is 532 g/mol. The number of carbonyl (C=O) groups excluding carboxylic acids is 3. The fourth-order valence-corrected chi connectivity index (χ4v) is 4.12. The summed E-state index contributed by atoms with van der Waals surface area (Å²) in [6.45, 7) is 8.14. The van der Waals surface area contributed by atoms with E-state index in [0.717, 1.165) is 24.2 Å². The minimum absolute atomic E-state index is 0.184. The Hall–Kier alpha value is -4.33. The molecule has 0 aliphatic carbocycles. The van der Waals surface area contributed by atoms with Crippen LogP contribution in [0, 0.1) is 0 Å². The summed E-state index contributed by atoms with van der Waals surface area (Å²) in [6, 6.07) is 19.2. The van der Waals surface area contributed by atoms with E-state index in [2.05, 4.69) is 12.2 Å². The van der Waals surface area contributed by atoms with E-state index in [9.17, 15) is 14.4 Å². The number of carbonyl (C=O) groups is 3. The molecule has 8 heteroatoms. The fraction of sp³-hybridized carbons (Fsp3) is 0.382. The van der Waals surface area contributed by atoms with E-state index in [1.54, 1.807) is 93.6 Å². The Bertz CT molecular complexity index is 1300. The summed E-state index contributed by atoms with van der Waals surface area (Å²) in [5.41, 5.74) is 7.06. The zero-order valence-electron chi connectivity index (χ0n) is 25.0. The van der Waals surface area contributed by atoms with Gasteiger partial charge in [-0.1, -0.05) is 44.7 Å². The summed E-state index contributed by atoms with van der Waals surface area (Å²) in [4.78, 5) is 38.5. The van der Waals surface area contributed by atoms with Crippen molar-refractivity contribution in [3.8, 4) is 11.5 Å². The van der Waals surface area contributed by atoms with E-state index in [4.69, 9.17) is 19.9 Å². The number of esters is 2. The van der Waals surface area contributed by atoms with E-state index < -0.39 is 29.5 Å². The molecule has 0 aliphatic rings. The average molecular weight is 575 g/mol. The number of amides is 1. The lowest BCUT2D eigenvalue weighted by molar-refractivity contribution is -0.157. The van der Waals surface area contributed by atoms with Gasteiger partial charge in [0.15, 0.2) is 0 Å². The Morgan fingerprint density at radius 1 is 0.786 bits per heavy atom. The number of nitrogens with one attached hydrogen (secondary N) is 1. The van der Waals surface area contributed by atoms with Crippen LogP contribution < -0.4 is 20.5 Å². The number of hydrogen-bond donors (Lipinski definition) is 2. The molecule has 3 aromatic rings. The molecule has 0 spiro atoms. The third-order valence-electron chi connectivity index (χ3n) is 6.35. The molecular formula is C34H42N2O6. The highest BCUT2D eigenvalue weighted by Gasteiger charge is 2.27. The first-order valence-electron chi connectivity index (χ1n) is 14.5. The Labute approximate surface area is 248 Å². The van der Waals surface area contributed by atoms with Crippen LogP contribution in [-0.2, 0) is 16.0 Å². The number of nitrogen functional groups attached to an aromatic ring is 1. The minimum Gasteiger partial charge on any atom is -0.494 e. The van der Waals surface area contributed by atoms with Crippen LogP contribution in [0.3, 0.4) is 0 Å². The van der Waals surface area contributed by atoms with Gasteiger partial charge in [-0.15, -0.1) is 0 Å². The van der Waals surface area contributed by atoms with Crippen LogP contribution in [0.25, 0.3) is 0 Å². The molecule has 224 valence electrons. The van der Waals surface area contributed by atoms with Gasteiger partial charge in [0, 0.05) is 17.7 Å². The molecule has 0 heterocycles. The quantitative estimate of drug-likeness (QED) is 0.0974. The van der Waals surface area contributed by atoms with Crippen molar-refractivity contribution in [2.24, 2.45) is 0 Å². The number of hydrogen-bond acceptors (Lipinski definition) is 7. The van der Waals surface area contributed by atoms with E-state index in [1.807, 2.05) is 0 Å². The van der Waals surface area contributed by atoms with Crippen LogP contribution in [0.4, 0.5) is 5.69 Å². The third kappa shape index (κ3) is 10.9. The van der Waals surface area contributed by atoms with Gasteiger partial charge in [-0.25, -0.2) is 9.59 Å². The normalized spacial score (nSPS) is 11.8. The molecule has 1 atom stereocenters. The van der Waals surface area contributed by atoms with Crippen LogP contribution in [0.1, 0.15) is 86.1 Å². The summed E-state index contributed by atoms with van der Waals surface area (Å²) < 4.78 is 16.8. The number of anilines is 1. The van der Waals surface area contributed by atoms with Crippen molar-refractivity contribution >= 4 is 23.5 Å². The van der Waals surface area contributed by atoms with Crippen molar-refractivity contribution in [3.05, 3.63) is 89.5 Å². The highest BCUT2D eigenvalue weighted by Crippen LogP contribution is 2.19. The Balaban J connectivity index is 1.58. The van der Waals surface area contributed by atoms with Crippen LogP contribution in [0.5, 0.6) is 11.5 Å². The molecule has 0 fully saturated rings. The fourth-order valence-electron chi connectivity index (χ4n) is 4.12. The van der Waals surface area contributed by atoms with E-state index >= 15 is 0 Å². The summed E-state index contributed by atoms with van der Waals surface area (Å²) in [6.07, 6.45) is 6.02. The summed E-state index contributed by atoms with van der Waals surface area (Å²) in [5.74, 6) is -0.382. The van der Waals surface area contributed by atoms with Gasteiger partial charge in [0.25, 0.3) is 5.91 Å². The predicted octanol–water partition coefficient (Wildman–Crippen LogP) is 6.52. The minimum atomic E-state index is -0.931. The lowest BCUT2D eigenvalue weighted by atomic mass is 10.0. The molecule has 0 aromatic heterocycles. The first-order valence-corrected chi connectivity index (χ1v) is 14.5. The maximum Gasteiger partial charge on any atom is 0.343 e. The molecule has 3 rings (SSSR count). The highest BCUT2D eigenvalue weighted by atomic mass is 16.6. The average Bonchev–Trinajstić information content (AvgIpc) is 2.95. The first kappa shape index (κ1) is 32.2. The Morgan fingerprint density at radius 3 is 2.00 bits per heavy atom. The Kier molecular flexibility index (Phi) is 12.0. The number of rotatable bonds is 14. The smallest absolute Gasteiger partial charge is 0.343 e. The van der Waals surface area contributed by atoms with Crippen LogP contribution in [-0.4, -0.2) is 36.1 Å². The predicted molar refractivity (Wildman–Crippen MR) is 164 cm³/mol. The highest BCUT2D eigenvalue weighted by molar-refractivity contribution is 5.97. The van der Waals surface area contributed by atoms with Crippen molar-refractivity contribution in [2.45, 2.75) is 77.9 Å². The van der Waals surface area contributed by atoms with Gasteiger partial charge >= 0.3 is 11.9 Å². The number of ether oxygens (including phenoxy) is 3. The summed E-state index contributed by atoms with van der Waals surface area (Å²) in [5, 5.41) is 2.77. The monoisotopic (exact) mass is 574 g/mol. The lowest BCUT2D eigenvalue weighted by Gasteiger charge is -2.25. The Morgan fingerprint density at radius 2 is 1.38 bits per heavy atom. The van der Waals surface area contributed by atoms with E-state index in [1.165, 1.54) is 19.3 Å². The number of benzene rings is 3. The van der Waals surface area contributed by atoms with E-state index in [0.29, 0.717) is 29.2 Å². The van der Waals surface area contributed by atoms with Gasteiger partial charge in [0.2, 0.25) is 0 Å². The van der Waals surface area contributed by atoms with Crippen molar-refractivity contribution in [1.82, 2.24) is 5.32 Å². The first-order chi connectivity index (χ1) is 20.0. The zero-order valence-corrected chi connectivity index (χ0v) is 25.0. The third-order valence-corrected chi connectivity index (χ3v) is 6.35. The molecule has 3 aromatic carbocycles. The van der Waals surface area contributed by atoms with Gasteiger partial charge in [-0.2, -0.15) is 0 Å². The van der Waals surface area contributed by atoms with Gasteiger partial charge in [-0.3, -0.25) is 4.79 Å². The van der Waals surface area contributed by atoms with Gasteiger partial charge in [0.05, 0.1) is 12.2 Å². The molecule has 0 unspecified atom stereocenters. The molecule has 0 saturated carbocycles. The maximum absolute atomic E-state index is 13.0.